The number of aromatic nitrogens is 1. The third-order valence-electron chi connectivity index (χ3n) is 2.05. The first-order chi connectivity index (χ1) is 6.63. The van der Waals surface area contributed by atoms with Crippen molar-refractivity contribution in [2.45, 2.75) is 26.3 Å². The van der Waals surface area contributed by atoms with Crippen LogP contribution in [-0.2, 0) is 0 Å². The number of thiocarbonyl (C=S) groups is 1. The molecule has 0 fully saturated rings. The second-order valence-electron chi connectivity index (χ2n) is 3.25. The Kier molecular flexibility index (Phi) is 3.83. The highest BCUT2D eigenvalue weighted by molar-refractivity contribution is 7.80. The standard InChI is InChI=1S/C10H15N3S/c1-3-7(2)13-9-5-4-8(6-12-9)10(11)14/h4-7H,3H2,1-2H3,(H2,11,14)(H,12,13). The fraction of sp³-hybridized carbons (Fsp3) is 0.400. The fourth-order valence-electron chi connectivity index (χ4n) is 0.980. The molecule has 14 heavy (non-hydrogen) atoms. The van der Waals surface area contributed by atoms with Crippen molar-refractivity contribution in [2.75, 3.05) is 5.32 Å². The predicted octanol–water partition coefficient (Wildman–Crippen LogP) is 1.93. The Morgan fingerprint density at radius 1 is 1.64 bits per heavy atom. The van der Waals surface area contributed by atoms with Gasteiger partial charge in [0.15, 0.2) is 0 Å². The molecular weight excluding hydrogens is 194 g/mol. The van der Waals surface area contributed by atoms with Gasteiger partial charge in [-0.3, -0.25) is 0 Å². The van der Waals surface area contributed by atoms with E-state index in [0.717, 1.165) is 17.8 Å². The van der Waals surface area contributed by atoms with E-state index in [9.17, 15) is 0 Å². The van der Waals surface area contributed by atoms with Gasteiger partial charge in [-0.2, -0.15) is 0 Å². The van der Waals surface area contributed by atoms with Gasteiger partial charge < -0.3 is 11.1 Å². The highest BCUT2D eigenvalue weighted by Crippen LogP contribution is 2.07. The molecule has 1 rings (SSSR count). The Balaban J connectivity index is 2.68. The molecule has 3 nitrogen and oxygen atoms in total. The predicted molar refractivity (Wildman–Crippen MR) is 63.5 cm³/mol. The lowest BCUT2D eigenvalue weighted by Crippen LogP contribution is -2.15. The summed E-state index contributed by atoms with van der Waals surface area (Å²) in [5, 5.41) is 3.26. The molecule has 0 amide bonds. The second-order valence-corrected chi connectivity index (χ2v) is 3.69. The SMILES string of the molecule is CCC(C)Nc1ccc(C(N)=S)cn1. The van der Waals surface area contributed by atoms with Crippen LogP contribution in [0.5, 0.6) is 0 Å². The summed E-state index contributed by atoms with van der Waals surface area (Å²) in [6.07, 6.45) is 2.76. The Labute approximate surface area is 89.7 Å². The number of hydrogen-bond acceptors (Lipinski definition) is 3. The molecule has 1 aromatic heterocycles. The average molecular weight is 209 g/mol. The van der Waals surface area contributed by atoms with Crippen molar-refractivity contribution in [3.8, 4) is 0 Å². The maximum Gasteiger partial charge on any atom is 0.126 e. The summed E-state index contributed by atoms with van der Waals surface area (Å²) in [6.45, 7) is 4.24. The third kappa shape index (κ3) is 2.96. The van der Waals surface area contributed by atoms with Gasteiger partial charge in [0.1, 0.15) is 10.8 Å². The van der Waals surface area contributed by atoms with Crippen molar-refractivity contribution >= 4 is 23.0 Å². The first kappa shape index (κ1) is 10.9. The van der Waals surface area contributed by atoms with Gasteiger partial charge in [-0.25, -0.2) is 4.98 Å². The van der Waals surface area contributed by atoms with Crippen LogP contribution in [0.1, 0.15) is 25.8 Å². The van der Waals surface area contributed by atoms with Gasteiger partial charge in [-0.15, -0.1) is 0 Å². The van der Waals surface area contributed by atoms with Crippen molar-refractivity contribution in [3.05, 3.63) is 23.9 Å². The maximum absolute atomic E-state index is 5.46. The molecule has 0 saturated heterocycles. The van der Waals surface area contributed by atoms with Crippen LogP contribution >= 0.6 is 12.2 Å². The summed E-state index contributed by atoms with van der Waals surface area (Å²) in [6, 6.07) is 4.19. The van der Waals surface area contributed by atoms with Crippen molar-refractivity contribution < 1.29 is 0 Å². The van der Waals surface area contributed by atoms with E-state index in [1.807, 2.05) is 12.1 Å². The molecule has 4 heteroatoms. The molecule has 1 aromatic rings. The van der Waals surface area contributed by atoms with Gasteiger partial charge in [0.25, 0.3) is 0 Å². The van der Waals surface area contributed by atoms with Crippen molar-refractivity contribution in [2.24, 2.45) is 5.73 Å². The quantitative estimate of drug-likeness (QED) is 0.744. The van der Waals surface area contributed by atoms with Gasteiger partial charge in [-0.1, -0.05) is 19.1 Å². The minimum Gasteiger partial charge on any atom is -0.389 e. The number of pyridine rings is 1. The van der Waals surface area contributed by atoms with Crippen molar-refractivity contribution in [1.82, 2.24) is 4.98 Å². The van der Waals surface area contributed by atoms with E-state index in [1.54, 1.807) is 6.20 Å². The molecule has 3 N–H and O–H groups in total. The monoisotopic (exact) mass is 209 g/mol. The molecule has 0 aliphatic heterocycles. The minimum atomic E-state index is 0.382. The molecule has 0 aromatic carbocycles. The van der Waals surface area contributed by atoms with Crippen LogP contribution in [0.2, 0.25) is 0 Å². The zero-order chi connectivity index (χ0) is 10.6. The molecule has 1 atom stereocenters. The van der Waals surface area contributed by atoms with E-state index >= 15 is 0 Å². The smallest absolute Gasteiger partial charge is 0.126 e. The van der Waals surface area contributed by atoms with Gasteiger partial charge in [0.2, 0.25) is 0 Å². The van der Waals surface area contributed by atoms with E-state index in [2.05, 4.69) is 24.1 Å². The molecule has 0 saturated carbocycles. The molecule has 0 aliphatic carbocycles. The molecule has 0 radical (unpaired) electrons. The number of nitrogens with one attached hydrogen (secondary N) is 1. The lowest BCUT2D eigenvalue weighted by atomic mass is 10.2. The van der Waals surface area contributed by atoms with E-state index in [1.165, 1.54) is 0 Å². The molecule has 0 bridgehead atoms. The van der Waals surface area contributed by atoms with Crippen LogP contribution < -0.4 is 11.1 Å². The number of rotatable bonds is 4. The summed E-state index contributed by atoms with van der Waals surface area (Å²) in [7, 11) is 0. The average Bonchev–Trinajstić information content (AvgIpc) is 2.18. The summed E-state index contributed by atoms with van der Waals surface area (Å²) < 4.78 is 0. The molecule has 1 unspecified atom stereocenters. The fourth-order valence-corrected chi connectivity index (χ4v) is 1.10. The second kappa shape index (κ2) is 4.91. The van der Waals surface area contributed by atoms with Crippen molar-refractivity contribution in [1.29, 1.82) is 0 Å². The lowest BCUT2D eigenvalue weighted by Gasteiger charge is -2.11. The molecule has 1 heterocycles. The topological polar surface area (TPSA) is 50.9 Å². The van der Waals surface area contributed by atoms with E-state index < -0.39 is 0 Å². The molecule has 76 valence electrons. The van der Waals surface area contributed by atoms with Crippen molar-refractivity contribution in [3.63, 3.8) is 0 Å². The van der Waals surface area contributed by atoms with Crippen LogP contribution in [0, 0.1) is 0 Å². The molecule has 0 spiro atoms. The summed E-state index contributed by atoms with van der Waals surface area (Å²) in [5.41, 5.74) is 6.26. The Morgan fingerprint density at radius 2 is 2.36 bits per heavy atom. The Hall–Kier alpha value is -1.16. The first-order valence-corrected chi connectivity index (χ1v) is 5.06. The van der Waals surface area contributed by atoms with E-state index in [0.29, 0.717) is 11.0 Å². The first-order valence-electron chi connectivity index (χ1n) is 4.66. The van der Waals surface area contributed by atoms with Gasteiger partial charge >= 0.3 is 0 Å². The van der Waals surface area contributed by atoms with Crippen LogP contribution in [0.4, 0.5) is 5.82 Å². The van der Waals surface area contributed by atoms with Crippen LogP contribution in [0.15, 0.2) is 18.3 Å². The minimum absolute atomic E-state index is 0.382. The molecular formula is C10H15N3S. The van der Waals surface area contributed by atoms with Crippen LogP contribution in [0.3, 0.4) is 0 Å². The highest BCUT2D eigenvalue weighted by Gasteiger charge is 2.00. The van der Waals surface area contributed by atoms with Gasteiger partial charge in [-0.05, 0) is 25.5 Å². The van der Waals surface area contributed by atoms with Gasteiger partial charge in [0, 0.05) is 17.8 Å². The molecule has 0 aliphatic rings. The number of nitrogens with two attached hydrogens (primary N) is 1. The summed E-state index contributed by atoms with van der Waals surface area (Å²) >= 11 is 4.83. The normalized spacial score (nSPS) is 12.1. The zero-order valence-corrected chi connectivity index (χ0v) is 9.27. The zero-order valence-electron chi connectivity index (χ0n) is 8.45. The third-order valence-corrected chi connectivity index (χ3v) is 2.29. The summed E-state index contributed by atoms with van der Waals surface area (Å²) in [4.78, 5) is 4.59. The number of nitrogens with zero attached hydrogens (tertiary/aromatic N) is 1. The van der Waals surface area contributed by atoms with Crippen LogP contribution in [-0.4, -0.2) is 16.0 Å². The highest BCUT2D eigenvalue weighted by atomic mass is 32.1. The van der Waals surface area contributed by atoms with E-state index in [-0.39, 0.29) is 0 Å². The van der Waals surface area contributed by atoms with E-state index in [4.69, 9.17) is 18.0 Å². The van der Waals surface area contributed by atoms with Crippen LogP contribution in [0.25, 0.3) is 0 Å². The Bertz CT molecular complexity index is 308. The summed E-state index contributed by atoms with van der Waals surface area (Å²) in [5.74, 6) is 0.861. The number of hydrogen-bond donors (Lipinski definition) is 2. The Morgan fingerprint density at radius 3 is 2.79 bits per heavy atom. The largest absolute Gasteiger partial charge is 0.389 e. The van der Waals surface area contributed by atoms with Gasteiger partial charge in [0.05, 0.1) is 0 Å². The number of anilines is 1. The maximum atomic E-state index is 5.46. The lowest BCUT2D eigenvalue weighted by molar-refractivity contribution is 0.759.